The monoisotopic (exact) mass is 304 g/mol. The van der Waals surface area contributed by atoms with E-state index in [1.165, 1.54) is 28.4 Å². The summed E-state index contributed by atoms with van der Waals surface area (Å²) in [5.41, 5.74) is 2.51. The van der Waals surface area contributed by atoms with E-state index < -0.39 is 0 Å². The second kappa shape index (κ2) is 7.17. The molecule has 0 amide bonds. The topological polar surface area (TPSA) is 24.9 Å². The van der Waals surface area contributed by atoms with Crippen molar-refractivity contribution in [1.82, 2.24) is 10.3 Å². The molecule has 2 nitrogen and oxygen atoms in total. The first-order valence-electron chi connectivity index (χ1n) is 5.00. The molecule has 78 valence electrons. The van der Waals surface area contributed by atoms with Gasteiger partial charge in [-0.3, -0.25) is 4.98 Å². The first-order valence-corrected chi connectivity index (χ1v) is 6.52. The average molecular weight is 304 g/mol. The smallest absolute Gasteiger partial charge is 0.0313 e. The second-order valence-electron chi connectivity index (χ2n) is 3.44. The number of aromatic nitrogens is 1. The van der Waals surface area contributed by atoms with Crippen molar-refractivity contribution in [1.29, 1.82) is 0 Å². The molecule has 0 atom stereocenters. The number of hydrogen-bond acceptors (Lipinski definition) is 2. The highest BCUT2D eigenvalue weighted by Crippen LogP contribution is 2.00. The van der Waals surface area contributed by atoms with Crippen molar-refractivity contribution >= 4 is 22.6 Å². The molecule has 0 spiro atoms. The Kier molecular flexibility index (Phi) is 6.10. The number of rotatable bonds is 6. The molecule has 14 heavy (non-hydrogen) atoms. The fourth-order valence-electron chi connectivity index (χ4n) is 1.29. The lowest BCUT2D eigenvalue weighted by Gasteiger charge is -2.04. The van der Waals surface area contributed by atoms with E-state index in [1.54, 1.807) is 0 Å². The Balaban J connectivity index is 2.18. The number of hydrogen-bond donors (Lipinski definition) is 1. The molecule has 1 rings (SSSR count). The van der Waals surface area contributed by atoms with Crippen LogP contribution in [0.3, 0.4) is 0 Å². The van der Waals surface area contributed by atoms with Gasteiger partial charge < -0.3 is 5.32 Å². The van der Waals surface area contributed by atoms with E-state index >= 15 is 0 Å². The third-order valence-corrected chi connectivity index (χ3v) is 2.76. The van der Waals surface area contributed by atoms with Crippen LogP contribution in [-0.2, 0) is 6.54 Å². The van der Waals surface area contributed by atoms with E-state index in [0.717, 1.165) is 13.1 Å². The maximum absolute atomic E-state index is 4.16. The van der Waals surface area contributed by atoms with Crippen molar-refractivity contribution < 1.29 is 0 Å². The number of alkyl halides is 1. The molecular weight excluding hydrogens is 287 g/mol. The number of unbranched alkanes of at least 4 members (excludes halogenated alkanes) is 1. The summed E-state index contributed by atoms with van der Waals surface area (Å²) in [5.74, 6) is 0. The predicted molar refractivity (Wildman–Crippen MR) is 68.8 cm³/mol. The molecule has 0 aliphatic rings. The maximum Gasteiger partial charge on any atom is 0.0313 e. The van der Waals surface area contributed by atoms with E-state index in [4.69, 9.17) is 0 Å². The molecule has 0 bridgehead atoms. The fraction of sp³-hybridized carbons (Fsp3) is 0.545. The number of nitrogens with zero attached hydrogens (tertiary/aromatic N) is 1. The van der Waals surface area contributed by atoms with Crippen LogP contribution in [-0.4, -0.2) is 16.0 Å². The molecule has 1 aromatic rings. The van der Waals surface area contributed by atoms with Crippen molar-refractivity contribution in [2.45, 2.75) is 26.3 Å². The summed E-state index contributed by atoms with van der Waals surface area (Å²) in [6, 6.07) is 2.18. The summed E-state index contributed by atoms with van der Waals surface area (Å²) in [7, 11) is 0. The Morgan fingerprint density at radius 2 is 2.21 bits per heavy atom. The molecule has 0 radical (unpaired) electrons. The van der Waals surface area contributed by atoms with Crippen molar-refractivity contribution in [3.05, 3.63) is 29.6 Å². The summed E-state index contributed by atoms with van der Waals surface area (Å²) >= 11 is 2.42. The lowest BCUT2D eigenvalue weighted by atomic mass is 10.2. The van der Waals surface area contributed by atoms with Crippen molar-refractivity contribution in [3.8, 4) is 0 Å². The van der Waals surface area contributed by atoms with Crippen molar-refractivity contribution in [3.63, 3.8) is 0 Å². The standard InChI is InChI=1S/C11H17IN2/c1-10-6-11(9-14-7-10)8-13-5-3-2-4-12/h6-7,9,13H,2-5,8H2,1H3. The maximum atomic E-state index is 4.16. The van der Waals surface area contributed by atoms with Gasteiger partial charge in [0.15, 0.2) is 0 Å². The van der Waals surface area contributed by atoms with Crippen LogP contribution >= 0.6 is 22.6 Å². The molecule has 0 aromatic carbocycles. The summed E-state index contributed by atoms with van der Waals surface area (Å²) in [6.07, 6.45) is 6.39. The zero-order valence-corrected chi connectivity index (χ0v) is 10.8. The van der Waals surface area contributed by atoms with E-state index in [-0.39, 0.29) is 0 Å². The minimum absolute atomic E-state index is 0.940. The summed E-state index contributed by atoms with van der Waals surface area (Å²) in [4.78, 5) is 4.16. The van der Waals surface area contributed by atoms with Gasteiger partial charge in [0, 0.05) is 18.9 Å². The molecule has 1 aromatic heterocycles. The van der Waals surface area contributed by atoms with Crippen LogP contribution in [0.4, 0.5) is 0 Å². The van der Waals surface area contributed by atoms with E-state index in [0.29, 0.717) is 0 Å². The lowest BCUT2D eigenvalue weighted by molar-refractivity contribution is 0.644. The number of nitrogens with one attached hydrogen (secondary N) is 1. The van der Waals surface area contributed by atoms with Gasteiger partial charge in [0.25, 0.3) is 0 Å². The highest BCUT2D eigenvalue weighted by atomic mass is 127. The van der Waals surface area contributed by atoms with Crippen LogP contribution in [0.2, 0.25) is 0 Å². The van der Waals surface area contributed by atoms with Gasteiger partial charge >= 0.3 is 0 Å². The largest absolute Gasteiger partial charge is 0.313 e. The predicted octanol–water partition coefficient (Wildman–Crippen LogP) is 2.69. The van der Waals surface area contributed by atoms with Crippen LogP contribution < -0.4 is 5.32 Å². The third kappa shape index (κ3) is 4.91. The van der Waals surface area contributed by atoms with Gasteiger partial charge in [0.05, 0.1) is 0 Å². The zero-order valence-electron chi connectivity index (χ0n) is 8.59. The zero-order chi connectivity index (χ0) is 10.2. The molecule has 3 heteroatoms. The number of halogens is 1. The van der Waals surface area contributed by atoms with E-state index in [2.05, 4.69) is 45.9 Å². The van der Waals surface area contributed by atoms with Gasteiger partial charge in [0.2, 0.25) is 0 Å². The van der Waals surface area contributed by atoms with E-state index in [1.807, 2.05) is 12.4 Å². The van der Waals surface area contributed by atoms with Gasteiger partial charge in [-0.2, -0.15) is 0 Å². The number of pyridine rings is 1. The minimum atomic E-state index is 0.940. The highest BCUT2D eigenvalue weighted by molar-refractivity contribution is 14.1. The quantitative estimate of drug-likeness (QED) is 0.496. The van der Waals surface area contributed by atoms with Crippen LogP contribution in [0.25, 0.3) is 0 Å². The van der Waals surface area contributed by atoms with Crippen LogP contribution in [0.1, 0.15) is 24.0 Å². The molecule has 0 unspecified atom stereocenters. The first kappa shape index (κ1) is 11.9. The third-order valence-electron chi connectivity index (χ3n) is 2.00. The van der Waals surface area contributed by atoms with Gasteiger partial charge in [0.1, 0.15) is 0 Å². The average Bonchev–Trinajstić information content (AvgIpc) is 2.18. The summed E-state index contributed by atoms with van der Waals surface area (Å²) in [5, 5.41) is 3.42. The van der Waals surface area contributed by atoms with Crippen molar-refractivity contribution in [2.75, 3.05) is 11.0 Å². The lowest BCUT2D eigenvalue weighted by Crippen LogP contribution is -2.14. The molecule has 1 heterocycles. The van der Waals surface area contributed by atoms with Crippen LogP contribution in [0.5, 0.6) is 0 Å². The van der Waals surface area contributed by atoms with Gasteiger partial charge in [-0.25, -0.2) is 0 Å². The van der Waals surface area contributed by atoms with Crippen LogP contribution in [0, 0.1) is 6.92 Å². The molecular formula is C11H17IN2. The Morgan fingerprint density at radius 3 is 2.93 bits per heavy atom. The molecule has 0 aliphatic heterocycles. The summed E-state index contributed by atoms with van der Waals surface area (Å²) in [6.45, 7) is 4.12. The highest BCUT2D eigenvalue weighted by Gasteiger charge is 1.93. The Hall–Kier alpha value is -0.160. The molecule has 0 saturated heterocycles. The SMILES string of the molecule is Cc1cncc(CNCCCCI)c1. The molecule has 0 saturated carbocycles. The Morgan fingerprint density at radius 1 is 1.36 bits per heavy atom. The normalized spacial score (nSPS) is 10.4. The molecule has 1 N–H and O–H groups in total. The molecule has 0 fully saturated rings. The van der Waals surface area contributed by atoms with Gasteiger partial charge in [-0.15, -0.1) is 0 Å². The van der Waals surface area contributed by atoms with Crippen molar-refractivity contribution in [2.24, 2.45) is 0 Å². The first-order chi connectivity index (χ1) is 6.83. The Bertz CT molecular complexity index is 263. The number of aryl methyl sites for hydroxylation is 1. The van der Waals surface area contributed by atoms with Gasteiger partial charge in [-0.05, 0) is 41.9 Å². The fourth-order valence-corrected chi connectivity index (χ4v) is 1.83. The minimum Gasteiger partial charge on any atom is -0.313 e. The van der Waals surface area contributed by atoms with E-state index in [9.17, 15) is 0 Å². The second-order valence-corrected chi connectivity index (χ2v) is 4.52. The Labute approximate surface area is 99.7 Å². The van der Waals surface area contributed by atoms with Gasteiger partial charge in [-0.1, -0.05) is 28.7 Å². The molecule has 0 aliphatic carbocycles. The van der Waals surface area contributed by atoms with Crippen LogP contribution in [0.15, 0.2) is 18.5 Å². The summed E-state index contributed by atoms with van der Waals surface area (Å²) < 4.78 is 1.26.